The second kappa shape index (κ2) is 7.71. The maximum absolute atomic E-state index is 11.3. The minimum absolute atomic E-state index is 0.468. The molecule has 1 aliphatic rings. The van der Waals surface area contributed by atoms with Gasteiger partial charge in [0.15, 0.2) is 23.3 Å². The molecule has 1 aliphatic heterocycles. The summed E-state index contributed by atoms with van der Waals surface area (Å²) in [6, 6.07) is 0. The van der Waals surface area contributed by atoms with Crippen LogP contribution in [0.25, 0.3) is 0 Å². The van der Waals surface area contributed by atoms with Crippen LogP contribution in [0, 0.1) is 0 Å². The molecule has 5 atom stereocenters. The molecule has 1 heterocycles. The average molecular weight is 369 g/mol. The summed E-state index contributed by atoms with van der Waals surface area (Å²) in [5, 5.41) is 8.50. The maximum Gasteiger partial charge on any atom is 0.303 e. The molecule has 1 fully saturated rings. The highest BCUT2D eigenvalue weighted by Crippen LogP contribution is 2.31. The first-order valence-electron chi connectivity index (χ1n) is 6.18. The molecular weight excluding hydrogens is 352 g/mol. The zero-order chi connectivity index (χ0) is 16.2. The Labute approximate surface area is 129 Å². The number of carbonyl (C=O) groups is 3. The number of aliphatic hydroxyl groups excluding tert-OH is 1. The summed E-state index contributed by atoms with van der Waals surface area (Å²) in [6.45, 7) is 3.05. The van der Waals surface area contributed by atoms with Crippen LogP contribution in [0.15, 0.2) is 0 Å². The van der Waals surface area contributed by atoms with Gasteiger partial charge in [-0.25, -0.2) is 0 Å². The van der Waals surface area contributed by atoms with Crippen molar-refractivity contribution in [2.75, 3.05) is 6.61 Å². The Balaban J connectivity index is 3.08. The molecule has 9 heteroatoms. The second-order valence-electron chi connectivity index (χ2n) is 4.43. The lowest BCUT2D eigenvalue weighted by atomic mass is 9.99. The van der Waals surface area contributed by atoms with Crippen molar-refractivity contribution in [3.63, 3.8) is 0 Å². The highest BCUT2D eigenvalue weighted by Gasteiger charge is 2.50. The van der Waals surface area contributed by atoms with Crippen molar-refractivity contribution in [1.29, 1.82) is 0 Å². The average Bonchev–Trinajstić information content (AvgIpc) is 2.35. The first-order valence-corrected chi connectivity index (χ1v) is 7.09. The van der Waals surface area contributed by atoms with Gasteiger partial charge >= 0.3 is 17.9 Å². The van der Waals surface area contributed by atoms with E-state index in [9.17, 15) is 19.5 Å². The highest BCUT2D eigenvalue weighted by molar-refractivity contribution is 9.09. The van der Waals surface area contributed by atoms with Gasteiger partial charge in [-0.2, -0.15) is 0 Å². The summed E-state index contributed by atoms with van der Waals surface area (Å²) >= 11 is 3.15. The third-order valence-corrected chi connectivity index (χ3v) is 3.40. The number of halogens is 1. The smallest absolute Gasteiger partial charge is 0.303 e. The second-order valence-corrected chi connectivity index (χ2v) is 5.33. The third-order valence-electron chi connectivity index (χ3n) is 2.66. The van der Waals surface area contributed by atoms with E-state index in [4.69, 9.17) is 18.9 Å². The Morgan fingerprint density at radius 1 is 0.952 bits per heavy atom. The Morgan fingerprint density at radius 3 is 1.81 bits per heavy atom. The molecule has 120 valence electrons. The van der Waals surface area contributed by atoms with Gasteiger partial charge in [-0.15, -0.1) is 0 Å². The van der Waals surface area contributed by atoms with E-state index in [1.807, 2.05) is 0 Å². The van der Waals surface area contributed by atoms with Gasteiger partial charge in [-0.05, 0) is 0 Å². The van der Waals surface area contributed by atoms with Crippen LogP contribution < -0.4 is 0 Å². The molecule has 0 unspecified atom stereocenters. The molecule has 1 N–H and O–H groups in total. The molecule has 0 aromatic carbocycles. The SMILES string of the molecule is CC(=O)O[C@@H]1[C@@H](OC(C)=O)[C@H](Br)O[C@H](CO)[C@H]1OC(C)=O. The molecular formula is C12H17BrO8. The van der Waals surface area contributed by atoms with Crippen LogP contribution in [0.4, 0.5) is 0 Å². The van der Waals surface area contributed by atoms with Crippen LogP contribution in [0.1, 0.15) is 20.8 Å². The fraction of sp³-hybridized carbons (Fsp3) is 0.750. The molecule has 0 spiro atoms. The van der Waals surface area contributed by atoms with Gasteiger partial charge in [0.1, 0.15) is 6.10 Å². The molecule has 8 nitrogen and oxygen atoms in total. The zero-order valence-electron chi connectivity index (χ0n) is 11.8. The maximum atomic E-state index is 11.3. The summed E-state index contributed by atoms with van der Waals surface area (Å²) in [5.41, 5.74) is 0. The molecule has 0 amide bonds. The molecule has 1 saturated heterocycles. The van der Waals surface area contributed by atoms with E-state index in [0.717, 1.165) is 0 Å². The predicted molar refractivity (Wildman–Crippen MR) is 71.3 cm³/mol. The molecule has 0 aromatic rings. The van der Waals surface area contributed by atoms with Crippen LogP contribution in [-0.2, 0) is 33.3 Å². The molecule has 0 bridgehead atoms. The molecule has 0 radical (unpaired) electrons. The largest absolute Gasteiger partial charge is 0.456 e. The van der Waals surface area contributed by atoms with Crippen molar-refractivity contribution in [2.24, 2.45) is 0 Å². The van der Waals surface area contributed by atoms with Crippen LogP contribution in [0.3, 0.4) is 0 Å². The summed E-state index contributed by atoms with van der Waals surface area (Å²) in [4.78, 5) is 33.6. The Hall–Kier alpha value is -1.19. The summed E-state index contributed by atoms with van der Waals surface area (Å²) in [6.07, 6.45) is -4.12. The van der Waals surface area contributed by atoms with E-state index < -0.39 is 53.9 Å². The minimum atomic E-state index is -1.09. The van der Waals surface area contributed by atoms with Crippen molar-refractivity contribution < 1.29 is 38.4 Å². The number of hydrogen-bond acceptors (Lipinski definition) is 8. The Morgan fingerprint density at radius 2 is 1.38 bits per heavy atom. The van der Waals surface area contributed by atoms with Gasteiger partial charge in [0, 0.05) is 20.8 Å². The van der Waals surface area contributed by atoms with Crippen molar-refractivity contribution in [2.45, 2.75) is 50.2 Å². The van der Waals surface area contributed by atoms with Gasteiger partial charge in [0.2, 0.25) is 0 Å². The lowest BCUT2D eigenvalue weighted by Gasteiger charge is -2.42. The minimum Gasteiger partial charge on any atom is -0.456 e. The highest BCUT2D eigenvalue weighted by atomic mass is 79.9. The molecule has 1 rings (SSSR count). The van der Waals surface area contributed by atoms with E-state index >= 15 is 0 Å². The monoisotopic (exact) mass is 368 g/mol. The number of hydrogen-bond donors (Lipinski definition) is 1. The van der Waals surface area contributed by atoms with Crippen LogP contribution in [0.5, 0.6) is 0 Å². The lowest BCUT2D eigenvalue weighted by molar-refractivity contribution is -0.235. The predicted octanol–water partition coefficient (Wildman–Crippen LogP) is -0.106. The van der Waals surface area contributed by atoms with Gasteiger partial charge in [0.05, 0.1) is 6.61 Å². The van der Waals surface area contributed by atoms with Gasteiger partial charge in [-0.1, -0.05) is 15.9 Å². The summed E-state index contributed by atoms with van der Waals surface area (Å²) in [5.74, 6) is -1.91. The van der Waals surface area contributed by atoms with Gasteiger partial charge in [-0.3, -0.25) is 14.4 Å². The lowest BCUT2D eigenvalue weighted by Crippen LogP contribution is -2.60. The Bertz CT molecular complexity index is 412. The number of aliphatic hydroxyl groups is 1. The van der Waals surface area contributed by atoms with Gasteiger partial charge in [0.25, 0.3) is 0 Å². The normalized spacial score (nSPS) is 32.1. The molecule has 0 saturated carbocycles. The number of rotatable bonds is 4. The van der Waals surface area contributed by atoms with E-state index in [1.54, 1.807) is 0 Å². The first kappa shape index (κ1) is 17.9. The molecule has 21 heavy (non-hydrogen) atoms. The van der Waals surface area contributed by atoms with Crippen molar-refractivity contribution in [3.05, 3.63) is 0 Å². The van der Waals surface area contributed by atoms with Crippen molar-refractivity contribution in [1.82, 2.24) is 0 Å². The summed E-state index contributed by atoms with van der Waals surface area (Å²) < 4.78 is 20.6. The van der Waals surface area contributed by atoms with Crippen LogP contribution in [0.2, 0.25) is 0 Å². The number of carbonyl (C=O) groups excluding carboxylic acids is 3. The van der Waals surface area contributed by atoms with E-state index in [2.05, 4.69) is 15.9 Å². The molecule has 0 aliphatic carbocycles. The standard InChI is InChI=1S/C12H17BrO8/c1-5(15)18-9-8(4-14)21-12(13)11(20-7(3)17)10(9)19-6(2)16/h8-12,14H,4H2,1-3H3/t8-,9-,10+,11-,12-/m1/s1. The fourth-order valence-electron chi connectivity index (χ4n) is 1.99. The van der Waals surface area contributed by atoms with E-state index in [-0.39, 0.29) is 0 Å². The number of ether oxygens (including phenoxy) is 4. The quantitative estimate of drug-likeness (QED) is 0.416. The zero-order valence-corrected chi connectivity index (χ0v) is 13.4. The number of esters is 3. The Kier molecular flexibility index (Phi) is 6.56. The first-order chi connectivity index (χ1) is 9.76. The van der Waals surface area contributed by atoms with E-state index in [0.29, 0.717) is 0 Å². The topological polar surface area (TPSA) is 108 Å². The van der Waals surface area contributed by atoms with Gasteiger partial charge < -0.3 is 24.1 Å². The van der Waals surface area contributed by atoms with Crippen molar-refractivity contribution >= 4 is 33.8 Å². The number of alkyl halides is 1. The van der Waals surface area contributed by atoms with Crippen LogP contribution >= 0.6 is 15.9 Å². The van der Waals surface area contributed by atoms with E-state index in [1.165, 1.54) is 20.8 Å². The summed E-state index contributed by atoms with van der Waals surface area (Å²) in [7, 11) is 0. The fourth-order valence-corrected chi connectivity index (χ4v) is 2.67. The van der Waals surface area contributed by atoms with Crippen LogP contribution in [-0.4, -0.2) is 59.1 Å². The molecule has 0 aromatic heterocycles. The third kappa shape index (κ3) is 4.94. The van der Waals surface area contributed by atoms with Crippen molar-refractivity contribution in [3.8, 4) is 0 Å².